The van der Waals surface area contributed by atoms with Gasteiger partial charge in [0.25, 0.3) is 0 Å². The molecule has 4 rings (SSSR count). The van der Waals surface area contributed by atoms with Crippen LogP contribution in [0.25, 0.3) is 0 Å². The molecule has 0 unspecified atom stereocenters. The predicted octanol–water partition coefficient (Wildman–Crippen LogP) is 5.28. The smallest absolute Gasteiger partial charge is 0.322 e. The van der Waals surface area contributed by atoms with Crippen molar-refractivity contribution >= 4 is 29.0 Å². The summed E-state index contributed by atoms with van der Waals surface area (Å²) in [7, 11) is 0. The molecule has 1 saturated carbocycles. The van der Waals surface area contributed by atoms with Gasteiger partial charge in [0.2, 0.25) is 5.91 Å². The van der Waals surface area contributed by atoms with Gasteiger partial charge in [-0.15, -0.1) is 11.3 Å². The van der Waals surface area contributed by atoms with E-state index in [-0.39, 0.29) is 24.5 Å². The second-order valence-corrected chi connectivity index (χ2v) is 9.28. The molecule has 3 aromatic rings. The van der Waals surface area contributed by atoms with Crippen molar-refractivity contribution in [1.29, 1.82) is 0 Å². The van der Waals surface area contributed by atoms with Crippen molar-refractivity contribution in [2.24, 2.45) is 0 Å². The summed E-state index contributed by atoms with van der Waals surface area (Å²) >= 11 is 1.70. The Balaban J connectivity index is 1.48. The maximum absolute atomic E-state index is 13.4. The molecular weight excluding hydrogens is 406 g/mol. The number of nitrogens with zero attached hydrogens (tertiary/aromatic N) is 2. The fourth-order valence-corrected chi connectivity index (χ4v) is 4.42. The summed E-state index contributed by atoms with van der Waals surface area (Å²) in [5.41, 5.74) is 1.82. The minimum absolute atomic E-state index is 0.0370. The molecule has 1 fully saturated rings. The first-order valence-electron chi connectivity index (χ1n) is 10.6. The fraction of sp³-hybridized carbons (Fsp3) is 0.280. The number of thiophene rings is 1. The zero-order valence-corrected chi connectivity index (χ0v) is 18.5. The predicted molar refractivity (Wildman–Crippen MR) is 125 cm³/mol. The number of amides is 3. The van der Waals surface area contributed by atoms with Crippen LogP contribution >= 0.6 is 11.3 Å². The average Bonchev–Trinajstić information content (AvgIpc) is 3.54. The Hall–Kier alpha value is -3.12. The highest BCUT2D eigenvalue weighted by atomic mass is 32.1. The molecule has 1 heterocycles. The molecule has 1 N–H and O–H groups in total. The molecular formula is C25H27N3O2S. The van der Waals surface area contributed by atoms with Crippen LogP contribution in [0, 0.1) is 6.92 Å². The van der Waals surface area contributed by atoms with Gasteiger partial charge in [-0.2, -0.15) is 0 Å². The minimum Gasteiger partial charge on any atom is -0.332 e. The molecule has 160 valence electrons. The number of urea groups is 1. The number of rotatable bonds is 8. The molecule has 1 aliphatic carbocycles. The van der Waals surface area contributed by atoms with Crippen molar-refractivity contribution in [2.45, 2.75) is 38.9 Å². The van der Waals surface area contributed by atoms with E-state index in [0.717, 1.165) is 29.0 Å². The lowest BCUT2D eigenvalue weighted by molar-refractivity contribution is -0.133. The lowest BCUT2D eigenvalue weighted by Gasteiger charge is -2.28. The molecule has 5 nitrogen and oxygen atoms in total. The second kappa shape index (κ2) is 9.79. The maximum atomic E-state index is 13.4. The van der Waals surface area contributed by atoms with Crippen LogP contribution in [0.4, 0.5) is 10.5 Å². The molecule has 1 aromatic heterocycles. The summed E-state index contributed by atoms with van der Waals surface area (Å²) in [6.45, 7) is 3.22. The Bertz CT molecular complexity index is 1020. The third kappa shape index (κ3) is 5.95. The number of hydrogen-bond donors (Lipinski definition) is 1. The zero-order chi connectivity index (χ0) is 21.6. The van der Waals surface area contributed by atoms with Crippen molar-refractivity contribution in [3.05, 3.63) is 88.1 Å². The van der Waals surface area contributed by atoms with E-state index < -0.39 is 0 Å². The topological polar surface area (TPSA) is 52.7 Å². The van der Waals surface area contributed by atoms with Crippen molar-refractivity contribution in [3.8, 4) is 0 Å². The van der Waals surface area contributed by atoms with E-state index in [0.29, 0.717) is 13.1 Å². The Kier molecular flexibility index (Phi) is 6.67. The van der Waals surface area contributed by atoms with Gasteiger partial charge < -0.3 is 15.1 Å². The van der Waals surface area contributed by atoms with Crippen molar-refractivity contribution in [2.75, 3.05) is 11.9 Å². The van der Waals surface area contributed by atoms with Gasteiger partial charge in [-0.25, -0.2) is 4.79 Å². The van der Waals surface area contributed by atoms with Crippen molar-refractivity contribution in [1.82, 2.24) is 9.80 Å². The van der Waals surface area contributed by atoms with E-state index in [1.807, 2.05) is 65.6 Å². The molecule has 0 saturated heterocycles. The first-order chi connectivity index (χ1) is 15.1. The summed E-state index contributed by atoms with van der Waals surface area (Å²) in [4.78, 5) is 32.2. The van der Waals surface area contributed by atoms with Gasteiger partial charge in [-0.05, 0) is 49.6 Å². The highest BCUT2D eigenvalue weighted by Gasteiger charge is 2.35. The standard InChI is InChI=1S/C25H27N3O2S/c1-19-12-15-23(31-19)17-27(16-20-8-4-2-5-9-20)24(29)18-28(22-13-14-22)25(30)26-21-10-6-3-7-11-21/h2-12,15,22H,13-14,16-18H2,1H3,(H,26,30). The Labute approximate surface area is 187 Å². The maximum Gasteiger partial charge on any atom is 0.322 e. The number of carbonyl (C=O) groups is 2. The van der Waals surface area contributed by atoms with Crippen LogP contribution in [-0.2, 0) is 17.9 Å². The van der Waals surface area contributed by atoms with Gasteiger partial charge >= 0.3 is 6.03 Å². The van der Waals surface area contributed by atoms with Crippen LogP contribution in [0.2, 0.25) is 0 Å². The number of carbonyl (C=O) groups excluding carboxylic acids is 2. The highest BCUT2D eigenvalue weighted by Crippen LogP contribution is 2.28. The largest absolute Gasteiger partial charge is 0.332 e. The molecule has 6 heteroatoms. The van der Waals surface area contributed by atoms with E-state index in [1.165, 1.54) is 4.88 Å². The monoisotopic (exact) mass is 433 g/mol. The molecule has 0 bridgehead atoms. The van der Waals surface area contributed by atoms with E-state index in [1.54, 1.807) is 16.2 Å². The molecule has 0 radical (unpaired) electrons. The number of para-hydroxylation sites is 1. The lowest BCUT2D eigenvalue weighted by Crippen LogP contribution is -2.45. The summed E-state index contributed by atoms with van der Waals surface area (Å²) in [5.74, 6) is -0.0370. The third-order valence-electron chi connectivity index (χ3n) is 5.29. The first-order valence-corrected chi connectivity index (χ1v) is 11.4. The quantitative estimate of drug-likeness (QED) is 0.525. The average molecular weight is 434 g/mol. The number of aryl methyl sites for hydroxylation is 1. The second-order valence-electron chi connectivity index (χ2n) is 7.90. The van der Waals surface area contributed by atoms with Gasteiger partial charge in [-0.1, -0.05) is 48.5 Å². The van der Waals surface area contributed by atoms with Crippen LogP contribution in [0.1, 0.15) is 28.2 Å². The number of benzene rings is 2. The molecule has 0 aliphatic heterocycles. The number of nitrogens with one attached hydrogen (secondary N) is 1. The molecule has 31 heavy (non-hydrogen) atoms. The van der Waals surface area contributed by atoms with E-state index in [9.17, 15) is 9.59 Å². The highest BCUT2D eigenvalue weighted by molar-refractivity contribution is 7.11. The van der Waals surface area contributed by atoms with Gasteiger partial charge in [-0.3, -0.25) is 4.79 Å². The molecule has 0 spiro atoms. The summed E-state index contributed by atoms with van der Waals surface area (Å²) in [6.07, 6.45) is 1.89. The third-order valence-corrected chi connectivity index (χ3v) is 6.28. The van der Waals surface area contributed by atoms with Crippen LogP contribution in [-0.4, -0.2) is 34.3 Å². The Morgan fingerprint density at radius 1 is 0.935 bits per heavy atom. The van der Waals surface area contributed by atoms with E-state index in [4.69, 9.17) is 0 Å². The Morgan fingerprint density at radius 2 is 1.61 bits per heavy atom. The number of anilines is 1. The van der Waals surface area contributed by atoms with Gasteiger partial charge in [0.1, 0.15) is 6.54 Å². The summed E-state index contributed by atoms with van der Waals surface area (Å²) in [5, 5.41) is 2.93. The SMILES string of the molecule is Cc1ccc(CN(Cc2ccccc2)C(=O)CN(C(=O)Nc2ccccc2)C2CC2)s1. The minimum atomic E-state index is -0.214. The van der Waals surface area contributed by atoms with Crippen LogP contribution in [0.15, 0.2) is 72.8 Å². The van der Waals surface area contributed by atoms with Crippen LogP contribution in [0.3, 0.4) is 0 Å². The molecule has 1 aliphatic rings. The lowest BCUT2D eigenvalue weighted by atomic mass is 10.2. The molecule has 3 amide bonds. The molecule has 0 atom stereocenters. The van der Waals surface area contributed by atoms with Gasteiger partial charge in [0.05, 0.1) is 6.54 Å². The Morgan fingerprint density at radius 3 is 2.23 bits per heavy atom. The van der Waals surface area contributed by atoms with Gasteiger partial charge in [0.15, 0.2) is 0 Å². The van der Waals surface area contributed by atoms with Crippen LogP contribution in [0.5, 0.6) is 0 Å². The summed E-state index contributed by atoms with van der Waals surface area (Å²) < 4.78 is 0. The van der Waals surface area contributed by atoms with Crippen molar-refractivity contribution < 1.29 is 9.59 Å². The van der Waals surface area contributed by atoms with Crippen LogP contribution < -0.4 is 5.32 Å². The van der Waals surface area contributed by atoms with Gasteiger partial charge in [0, 0.05) is 28.0 Å². The van der Waals surface area contributed by atoms with E-state index in [2.05, 4.69) is 24.4 Å². The first kappa shape index (κ1) is 21.1. The van der Waals surface area contributed by atoms with E-state index >= 15 is 0 Å². The normalized spacial score (nSPS) is 12.9. The summed E-state index contributed by atoms with van der Waals surface area (Å²) in [6, 6.07) is 23.4. The van der Waals surface area contributed by atoms with Crippen molar-refractivity contribution in [3.63, 3.8) is 0 Å². The zero-order valence-electron chi connectivity index (χ0n) is 17.7. The number of hydrogen-bond acceptors (Lipinski definition) is 3. The molecule has 2 aromatic carbocycles. The fourth-order valence-electron chi connectivity index (χ4n) is 3.51.